The zero-order valence-corrected chi connectivity index (χ0v) is 11.8. The van der Waals surface area contributed by atoms with Crippen molar-refractivity contribution < 1.29 is 0 Å². The fourth-order valence-corrected chi connectivity index (χ4v) is 3.84. The number of pyridine rings is 1. The lowest BCUT2D eigenvalue weighted by atomic mass is 9.68. The number of anilines is 1. The predicted octanol–water partition coefficient (Wildman–Crippen LogP) is 3.21. The highest BCUT2D eigenvalue weighted by molar-refractivity contribution is 5.31. The fraction of sp³-hybridized carbons (Fsp3) is 0.688. The largest absolute Gasteiger partial charge is 0.384 e. The molecule has 2 aliphatic rings. The molecule has 1 aromatic rings. The Labute approximate surface area is 116 Å². The van der Waals surface area contributed by atoms with Gasteiger partial charge in [0.05, 0.1) is 0 Å². The lowest BCUT2D eigenvalue weighted by molar-refractivity contribution is 0.0641. The molecular weight excluding hydrogens is 234 g/mol. The van der Waals surface area contributed by atoms with E-state index in [4.69, 9.17) is 5.73 Å². The molecule has 3 nitrogen and oxygen atoms in total. The maximum atomic E-state index is 5.75. The van der Waals surface area contributed by atoms with Gasteiger partial charge in [0.1, 0.15) is 5.82 Å². The first kappa shape index (κ1) is 12.9. The van der Waals surface area contributed by atoms with Gasteiger partial charge in [-0.2, -0.15) is 0 Å². The second kappa shape index (κ2) is 5.49. The van der Waals surface area contributed by atoms with Crippen LogP contribution in [0.5, 0.6) is 0 Å². The summed E-state index contributed by atoms with van der Waals surface area (Å²) in [5.41, 5.74) is 7.74. The molecule has 1 aliphatic carbocycles. The lowest BCUT2D eigenvalue weighted by Crippen LogP contribution is -2.40. The van der Waals surface area contributed by atoms with Crippen LogP contribution in [-0.2, 0) is 6.54 Å². The van der Waals surface area contributed by atoms with Crippen LogP contribution in [0.15, 0.2) is 18.3 Å². The Morgan fingerprint density at radius 3 is 2.53 bits per heavy atom. The number of hydrogen-bond acceptors (Lipinski definition) is 3. The van der Waals surface area contributed by atoms with E-state index in [0.29, 0.717) is 11.2 Å². The van der Waals surface area contributed by atoms with Crippen LogP contribution >= 0.6 is 0 Å². The van der Waals surface area contributed by atoms with E-state index in [1.54, 1.807) is 0 Å². The van der Waals surface area contributed by atoms with E-state index in [1.165, 1.54) is 63.6 Å². The number of piperidine rings is 1. The average Bonchev–Trinajstić information content (AvgIpc) is 2.43. The zero-order valence-electron chi connectivity index (χ0n) is 11.8. The molecule has 104 valence electrons. The third-order valence-corrected chi connectivity index (χ3v) is 5.08. The minimum absolute atomic E-state index is 0.637. The van der Waals surface area contributed by atoms with Gasteiger partial charge in [0.15, 0.2) is 0 Å². The van der Waals surface area contributed by atoms with Crippen molar-refractivity contribution in [1.29, 1.82) is 0 Å². The Bertz CT molecular complexity index is 414. The van der Waals surface area contributed by atoms with Crippen LogP contribution in [-0.4, -0.2) is 23.0 Å². The number of likely N-dealkylation sites (tertiary alicyclic amines) is 1. The molecule has 2 heterocycles. The third-order valence-electron chi connectivity index (χ3n) is 5.08. The summed E-state index contributed by atoms with van der Waals surface area (Å²) in [5.74, 6) is 0.637. The Balaban J connectivity index is 1.55. The van der Waals surface area contributed by atoms with Crippen LogP contribution in [0.1, 0.15) is 50.5 Å². The molecule has 2 N–H and O–H groups in total. The molecule has 1 spiro atoms. The average molecular weight is 259 g/mol. The van der Waals surface area contributed by atoms with Crippen molar-refractivity contribution in [1.82, 2.24) is 9.88 Å². The van der Waals surface area contributed by atoms with Crippen LogP contribution in [0.2, 0.25) is 0 Å². The molecule has 0 aromatic carbocycles. The van der Waals surface area contributed by atoms with E-state index in [2.05, 4.69) is 16.0 Å². The SMILES string of the molecule is Nc1cc(CN2CCC3(CCCCC3)CC2)ccn1. The summed E-state index contributed by atoms with van der Waals surface area (Å²) >= 11 is 0. The van der Waals surface area contributed by atoms with Gasteiger partial charge in [0.25, 0.3) is 0 Å². The summed E-state index contributed by atoms with van der Waals surface area (Å²) in [7, 11) is 0. The quantitative estimate of drug-likeness (QED) is 0.886. The number of nitrogens with zero attached hydrogens (tertiary/aromatic N) is 2. The van der Waals surface area contributed by atoms with Crippen molar-refractivity contribution in [2.24, 2.45) is 5.41 Å². The second-order valence-corrected chi connectivity index (χ2v) is 6.43. The minimum atomic E-state index is 0.637. The van der Waals surface area contributed by atoms with Crippen molar-refractivity contribution in [2.75, 3.05) is 18.8 Å². The molecule has 1 aromatic heterocycles. The molecule has 0 bridgehead atoms. The fourth-order valence-electron chi connectivity index (χ4n) is 3.84. The number of nitrogens with two attached hydrogens (primary N) is 1. The summed E-state index contributed by atoms with van der Waals surface area (Å²) in [6.07, 6.45) is 11.9. The molecular formula is C16H25N3. The summed E-state index contributed by atoms with van der Waals surface area (Å²) in [6, 6.07) is 4.09. The molecule has 2 fully saturated rings. The predicted molar refractivity (Wildman–Crippen MR) is 78.7 cm³/mol. The van der Waals surface area contributed by atoms with Gasteiger partial charge >= 0.3 is 0 Å². The van der Waals surface area contributed by atoms with E-state index in [-0.39, 0.29) is 0 Å². The standard InChI is InChI=1S/C16H25N3/c17-15-12-14(4-9-18-15)13-19-10-7-16(8-11-19)5-2-1-3-6-16/h4,9,12H,1-3,5-8,10-11,13H2,(H2,17,18). The highest BCUT2D eigenvalue weighted by atomic mass is 15.1. The number of hydrogen-bond donors (Lipinski definition) is 1. The van der Waals surface area contributed by atoms with Crippen LogP contribution < -0.4 is 5.73 Å². The van der Waals surface area contributed by atoms with Crippen LogP contribution in [0.3, 0.4) is 0 Å². The van der Waals surface area contributed by atoms with Gasteiger partial charge in [0.2, 0.25) is 0 Å². The summed E-state index contributed by atoms with van der Waals surface area (Å²) in [5, 5.41) is 0. The summed E-state index contributed by atoms with van der Waals surface area (Å²) in [6.45, 7) is 3.53. The third kappa shape index (κ3) is 3.08. The van der Waals surface area contributed by atoms with E-state index < -0.39 is 0 Å². The van der Waals surface area contributed by atoms with Crippen molar-refractivity contribution in [2.45, 2.75) is 51.5 Å². The Hall–Kier alpha value is -1.09. The maximum absolute atomic E-state index is 5.75. The molecule has 1 saturated heterocycles. The first-order valence-electron chi connectivity index (χ1n) is 7.69. The molecule has 0 atom stereocenters. The van der Waals surface area contributed by atoms with Gasteiger partial charge in [-0.05, 0) is 61.9 Å². The van der Waals surface area contributed by atoms with Gasteiger partial charge < -0.3 is 5.73 Å². The summed E-state index contributed by atoms with van der Waals surface area (Å²) < 4.78 is 0. The Morgan fingerprint density at radius 2 is 1.84 bits per heavy atom. The number of aromatic nitrogens is 1. The second-order valence-electron chi connectivity index (χ2n) is 6.43. The smallest absolute Gasteiger partial charge is 0.123 e. The molecule has 1 saturated carbocycles. The molecule has 0 unspecified atom stereocenters. The minimum Gasteiger partial charge on any atom is -0.384 e. The monoisotopic (exact) mass is 259 g/mol. The van der Waals surface area contributed by atoms with Crippen LogP contribution in [0, 0.1) is 5.41 Å². The topological polar surface area (TPSA) is 42.1 Å². The number of nitrogen functional groups attached to an aromatic ring is 1. The van der Waals surface area contributed by atoms with Crippen LogP contribution in [0.4, 0.5) is 5.82 Å². The Morgan fingerprint density at radius 1 is 1.11 bits per heavy atom. The van der Waals surface area contributed by atoms with Gasteiger partial charge in [-0.15, -0.1) is 0 Å². The van der Waals surface area contributed by atoms with Gasteiger partial charge in [-0.25, -0.2) is 4.98 Å². The zero-order chi connectivity index (χ0) is 13.1. The molecule has 19 heavy (non-hydrogen) atoms. The van der Waals surface area contributed by atoms with Crippen molar-refractivity contribution >= 4 is 5.82 Å². The molecule has 0 amide bonds. The number of rotatable bonds is 2. The molecule has 3 rings (SSSR count). The first-order chi connectivity index (χ1) is 9.26. The first-order valence-corrected chi connectivity index (χ1v) is 7.69. The van der Waals surface area contributed by atoms with Gasteiger partial charge in [0, 0.05) is 12.7 Å². The van der Waals surface area contributed by atoms with E-state index in [9.17, 15) is 0 Å². The van der Waals surface area contributed by atoms with Crippen molar-refractivity contribution in [3.8, 4) is 0 Å². The molecule has 1 aliphatic heterocycles. The van der Waals surface area contributed by atoms with Gasteiger partial charge in [-0.1, -0.05) is 19.3 Å². The van der Waals surface area contributed by atoms with Gasteiger partial charge in [-0.3, -0.25) is 4.90 Å². The molecule has 3 heteroatoms. The normalized spacial score (nSPS) is 23.6. The van der Waals surface area contributed by atoms with Crippen molar-refractivity contribution in [3.63, 3.8) is 0 Å². The maximum Gasteiger partial charge on any atom is 0.123 e. The highest BCUT2D eigenvalue weighted by Gasteiger charge is 2.35. The van der Waals surface area contributed by atoms with E-state index in [0.717, 1.165) is 6.54 Å². The van der Waals surface area contributed by atoms with Crippen LogP contribution in [0.25, 0.3) is 0 Å². The molecule has 0 radical (unpaired) electrons. The van der Waals surface area contributed by atoms with E-state index >= 15 is 0 Å². The van der Waals surface area contributed by atoms with E-state index in [1.807, 2.05) is 12.3 Å². The Kier molecular flexibility index (Phi) is 3.74. The van der Waals surface area contributed by atoms with Crippen molar-refractivity contribution in [3.05, 3.63) is 23.9 Å². The highest BCUT2D eigenvalue weighted by Crippen LogP contribution is 2.44. The summed E-state index contributed by atoms with van der Waals surface area (Å²) in [4.78, 5) is 6.64. The lowest BCUT2D eigenvalue weighted by Gasteiger charge is -2.44.